The van der Waals surface area contributed by atoms with Crippen molar-refractivity contribution < 1.29 is 0 Å². The lowest BCUT2D eigenvalue weighted by atomic mass is 9.92. The van der Waals surface area contributed by atoms with Crippen molar-refractivity contribution in [1.82, 2.24) is 15.0 Å². The van der Waals surface area contributed by atoms with Crippen molar-refractivity contribution in [2.45, 2.75) is 0 Å². The Morgan fingerprint density at radius 1 is 0.240 bits per heavy atom. The molecule has 1 aromatic heterocycles. The molecular formula is C47H31N3. The molecule has 9 rings (SSSR count). The number of fused-ring (bicyclic) bond motifs is 2. The number of nitrogens with zero attached hydrogens (tertiary/aromatic N) is 3. The van der Waals surface area contributed by atoms with Gasteiger partial charge in [0.05, 0.1) is 0 Å². The van der Waals surface area contributed by atoms with Gasteiger partial charge in [-0.05, 0) is 79.2 Å². The summed E-state index contributed by atoms with van der Waals surface area (Å²) >= 11 is 0. The molecule has 3 nitrogen and oxygen atoms in total. The van der Waals surface area contributed by atoms with E-state index in [0.29, 0.717) is 17.5 Å². The molecular weight excluding hydrogens is 607 g/mol. The van der Waals surface area contributed by atoms with Crippen LogP contribution in [0.1, 0.15) is 0 Å². The Morgan fingerprint density at radius 3 is 1.40 bits per heavy atom. The summed E-state index contributed by atoms with van der Waals surface area (Å²) < 4.78 is 0. The zero-order valence-electron chi connectivity index (χ0n) is 27.2. The second-order valence-corrected chi connectivity index (χ2v) is 12.5. The standard InChI is InChI=1S/C47H31N3/c1-3-14-36(15-4-1)45-48-46(37-16-5-2-6-17-37)50-47(49-45)42-30-40(29-41(31-42)44-21-11-19-35-13-9-10-20-43(35)44)34-24-22-33(23-25-34)39-27-26-32-12-7-8-18-38(32)28-39/h1-31H. The average Bonchev–Trinajstić information content (AvgIpc) is 3.21. The molecule has 0 unspecified atom stereocenters. The van der Waals surface area contributed by atoms with E-state index < -0.39 is 0 Å². The molecule has 0 amide bonds. The van der Waals surface area contributed by atoms with Gasteiger partial charge in [-0.25, -0.2) is 15.0 Å². The van der Waals surface area contributed by atoms with Crippen molar-refractivity contribution in [1.29, 1.82) is 0 Å². The molecule has 9 aromatic rings. The second-order valence-electron chi connectivity index (χ2n) is 12.5. The predicted molar refractivity (Wildman–Crippen MR) is 207 cm³/mol. The van der Waals surface area contributed by atoms with E-state index in [-0.39, 0.29) is 0 Å². The van der Waals surface area contributed by atoms with Crippen LogP contribution in [-0.4, -0.2) is 15.0 Å². The molecule has 0 spiro atoms. The van der Waals surface area contributed by atoms with Crippen molar-refractivity contribution in [3.63, 3.8) is 0 Å². The molecule has 0 saturated heterocycles. The SMILES string of the molecule is c1ccc(-c2nc(-c3ccccc3)nc(-c3cc(-c4ccc(-c5ccc6ccccc6c5)cc4)cc(-c4cccc5ccccc45)c3)n2)cc1. The molecule has 8 aromatic carbocycles. The van der Waals surface area contributed by atoms with Crippen molar-refractivity contribution in [2.24, 2.45) is 0 Å². The average molecular weight is 638 g/mol. The van der Waals surface area contributed by atoms with Crippen LogP contribution in [0.3, 0.4) is 0 Å². The summed E-state index contributed by atoms with van der Waals surface area (Å²) in [4.78, 5) is 15.1. The van der Waals surface area contributed by atoms with Crippen molar-refractivity contribution >= 4 is 21.5 Å². The van der Waals surface area contributed by atoms with Gasteiger partial charge in [-0.1, -0.05) is 164 Å². The maximum atomic E-state index is 5.09. The number of rotatable bonds is 6. The molecule has 0 fully saturated rings. The van der Waals surface area contributed by atoms with E-state index in [1.165, 1.54) is 38.2 Å². The Kier molecular flexibility index (Phi) is 7.49. The fourth-order valence-electron chi connectivity index (χ4n) is 6.72. The summed E-state index contributed by atoms with van der Waals surface area (Å²) in [5, 5.41) is 4.89. The minimum absolute atomic E-state index is 0.633. The predicted octanol–water partition coefficient (Wildman–Crippen LogP) is 12.2. The van der Waals surface area contributed by atoms with Crippen LogP contribution in [0.25, 0.3) is 89.1 Å². The van der Waals surface area contributed by atoms with Gasteiger partial charge in [-0.2, -0.15) is 0 Å². The topological polar surface area (TPSA) is 38.7 Å². The molecule has 0 saturated carbocycles. The molecule has 0 aliphatic rings. The highest BCUT2D eigenvalue weighted by Crippen LogP contribution is 2.37. The van der Waals surface area contributed by atoms with E-state index >= 15 is 0 Å². The van der Waals surface area contributed by atoms with Crippen LogP contribution in [-0.2, 0) is 0 Å². The van der Waals surface area contributed by atoms with Crippen molar-refractivity contribution in [3.8, 4) is 67.5 Å². The fourth-order valence-corrected chi connectivity index (χ4v) is 6.72. The smallest absolute Gasteiger partial charge is 0.164 e. The van der Waals surface area contributed by atoms with E-state index in [0.717, 1.165) is 33.4 Å². The van der Waals surface area contributed by atoms with Crippen LogP contribution in [0, 0.1) is 0 Å². The van der Waals surface area contributed by atoms with Gasteiger partial charge in [0.25, 0.3) is 0 Å². The van der Waals surface area contributed by atoms with E-state index in [1.807, 2.05) is 60.7 Å². The third kappa shape index (κ3) is 5.72. The quantitative estimate of drug-likeness (QED) is 0.182. The number of benzene rings is 8. The number of hydrogen-bond donors (Lipinski definition) is 0. The first-order chi connectivity index (χ1) is 24.7. The third-order valence-corrected chi connectivity index (χ3v) is 9.29. The Balaban J connectivity index is 1.22. The Morgan fingerprint density at radius 2 is 0.720 bits per heavy atom. The van der Waals surface area contributed by atoms with Crippen LogP contribution >= 0.6 is 0 Å². The molecule has 50 heavy (non-hydrogen) atoms. The highest BCUT2D eigenvalue weighted by Gasteiger charge is 2.16. The summed E-state index contributed by atoms with van der Waals surface area (Å²) in [6, 6.07) is 66.0. The monoisotopic (exact) mass is 637 g/mol. The van der Waals surface area contributed by atoms with E-state index in [1.54, 1.807) is 0 Å². The van der Waals surface area contributed by atoms with Gasteiger partial charge in [0.1, 0.15) is 0 Å². The van der Waals surface area contributed by atoms with Crippen LogP contribution in [0.5, 0.6) is 0 Å². The minimum Gasteiger partial charge on any atom is -0.208 e. The molecule has 0 aliphatic heterocycles. The third-order valence-electron chi connectivity index (χ3n) is 9.29. The van der Waals surface area contributed by atoms with Gasteiger partial charge in [-0.15, -0.1) is 0 Å². The van der Waals surface area contributed by atoms with E-state index in [2.05, 4.69) is 127 Å². The zero-order valence-corrected chi connectivity index (χ0v) is 27.2. The second kappa shape index (κ2) is 12.7. The molecule has 1 heterocycles. The summed E-state index contributed by atoms with van der Waals surface area (Å²) in [6.45, 7) is 0. The lowest BCUT2D eigenvalue weighted by Crippen LogP contribution is -2.00. The highest BCUT2D eigenvalue weighted by atomic mass is 15.0. The largest absolute Gasteiger partial charge is 0.208 e. The Bertz CT molecular complexity index is 2570. The first-order valence-electron chi connectivity index (χ1n) is 16.9. The normalized spacial score (nSPS) is 11.2. The molecule has 0 atom stereocenters. The molecule has 0 aliphatic carbocycles. The van der Waals surface area contributed by atoms with Gasteiger partial charge >= 0.3 is 0 Å². The lowest BCUT2D eigenvalue weighted by Gasteiger charge is -2.14. The summed E-state index contributed by atoms with van der Waals surface area (Å²) in [7, 11) is 0. The van der Waals surface area contributed by atoms with Crippen LogP contribution in [0.2, 0.25) is 0 Å². The maximum Gasteiger partial charge on any atom is 0.164 e. The fraction of sp³-hybridized carbons (Fsp3) is 0. The van der Waals surface area contributed by atoms with E-state index in [9.17, 15) is 0 Å². The summed E-state index contributed by atoms with van der Waals surface area (Å²) in [5.41, 5.74) is 9.70. The number of hydrogen-bond acceptors (Lipinski definition) is 3. The van der Waals surface area contributed by atoms with Crippen LogP contribution < -0.4 is 0 Å². The van der Waals surface area contributed by atoms with Gasteiger partial charge in [0, 0.05) is 16.7 Å². The molecule has 0 radical (unpaired) electrons. The summed E-state index contributed by atoms with van der Waals surface area (Å²) in [6.07, 6.45) is 0. The molecule has 234 valence electrons. The molecule has 0 N–H and O–H groups in total. The lowest BCUT2D eigenvalue weighted by molar-refractivity contribution is 1.07. The van der Waals surface area contributed by atoms with Gasteiger partial charge in [-0.3, -0.25) is 0 Å². The van der Waals surface area contributed by atoms with Crippen LogP contribution in [0.15, 0.2) is 188 Å². The van der Waals surface area contributed by atoms with Gasteiger partial charge in [0.2, 0.25) is 0 Å². The minimum atomic E-state index is 0.633. The van der Waals surface area contributed by atoms with Gasteiger partial charge in [0.15, 0.2) is 17.5 Å². The van der Waals surface area contributed by atoms with Gasteiger partial charge < -0.3 is 0 Å². The Labute approximate surface area is 291 Å². The van der Waals surface area contributed by atoms with Crippen molar-refractivity contribution in [3.05, 3.63) is 188 Å². The Hall–Kier alpha value is -6.71. The molecule has 3 heteroatoms. The molecule has 0 bridgehead atoms. The zero-order chi connectivity index (χ0) is 33.3. The first-order valence-corrected chi connectivity index (χ1v) is 16.9. The first kappa shape index (κ1) is 29.4. The number of aromatic nitrogens is 3. The van der Waals surface area contributed by atoms with Crippen molar-refractivity contribution in [2.75, 3.05) is 0 Å². The van der Waals surface area contributed by atoms with E-state index in [4.69, 9.17) is 15.0 Å². The van der Waals surface area contributed by atoms with Crippen LogP contribution in [0.4, 0.5) is 0 Å². The summed E-state index contributed by atoms with van der Waals surface area (Å²) in [5.74, 6) is 1.92. The maximum absolute atomic E-state index is 5.09. The highest BCUT2D eigenvalue weighted by molar-refractivity contribution is 5.98.